The number of carbonyl (C=O) groups is 2. The molecule has 8 nitrogen and oxygen atoms in total. The van der Waals surface area contributed by atoms with E-state index in [1.54, 1.807) is 34.6 Å². The van der Waals surface area contributed by atoms with E-state index in [1.807, 2.05) is 0 Å². The van der Waals surface area contributed by atoms with Gasteiger partial charge in [-0.15, -0.1) is 0 Å². The topological polar surface area (TPSA) is 106 Å². The third kappa shape index (κ3) is 4.08. The van der Waals surface area contributed by atoms with Crippen LogP contribution in [-0.4, -0.2) is 70.5 Å². The minimum Gasteiger partial charge on any atom is -0.467 e. The predicted molar refractivity (Wildman–Crippen MR) is 75.9 cm³/mol. The summed E-state index contributed by atoms with van der Waals surface area (Å²) in [7, 11) is 1.10. The van der Waals surface area contributed by atoms with Crippen LogP contribution in [0.15, 0.2) is 0 Å². The molecule has 2 N–H and O–H groups in total. The van der Waals surface area contributed by atoms with Gasteiger partial charge in [0.15, 0.2) is 6.10 Å². The maximum Gasteiger partial charge on any atom is 0.412 e. The van der Waals surface area contributed by atoms with Gasteiger partial charge in [-0.3, -0.25) is 4.90 Å². The second-order valence-electron chi connectivity index (χ2n) is 6.63. The summed E-state index contributed by atoms with van der Waals surface area (Å²) in [5.41, 5.74) is -1.77. The molecule has 0 aromatic carbocycles. The maximum absolute atomic E-state index is 12.4. The van der Waals surface area contributed by atoms with E-state index in [4.69, 9.17) is 9.47 Å². The van der Waals surface area contributed by atoms with Crippen LogP contribution in [0.4, 0.5) is 4.79 Å². The van der Waals surface area contributed by atoms with Crippen LogP contribution in [0, 0.1) is 0 Å². The molecule has 1 heterocycles. The quantitative estimate of drug-likeness (QED) is 0.718. The van der Waals surface area contributed by atoms with E-state index in [0.717, 1.165) is 7.11 Å². The minimum atomic E-state index is -1.78. The first-order valence-electron chi connectivity index (χ1n) is 7.01. The molecular weight excluding hydrogens is 294 g/mol. The number of hydrogen-bond donors (Lipinski definition) is 2. The number of ether oxygens (including phenoxy) is 3. The number of rotatable bonds is 3. The fraction of sp³-hybridized carbons (Fsp3) is 0.857. The second kappa shape index (κ2) is 6.39. The van der Waals surface area contributed by atoms with Gasteiger partial charge in [0.1, 0.15) is 17.4 Å². The van der Waals surface area contributed by atoms with Crippen molar-refractivity contribution in [1.82, 2.24) is 4.90 Å². The standard InChI is InChI=1S/C14H25NO7/c1-13(2,3)22-12(19)15-8(7-21-14(15,4)5)9(16)10(17)11(18)20-6/h8-10,16-17H,7H2,1-6H3/t8-,9-,10-/m0/s1. The molecule has 1 aliphatic rings. The first-order valence-corrected chi connectivity index (χ1v) is 7.01. The number of aliphatic hydroxyl groups is 2. The van der Waals surface area contributed by atoms with Crippen LogP contribution in [0.1, 0.15) is 34.6 Å². The Balaban J connectivity index is 2.98. The van der Waals surface area contributed by atoms with Crippen LogP contribution >= 0.6 is 0 Å². The van der Waals surface area contributed by atoms with Crippen molar-refractivity contribution in [2.75, 3.05) is 13.7 Å². The summed E-state index contributed by atoms with van der Waals surface area (Å²) in [4.78, 5) is 24.9. The molecule has 1 aliphatic heterocycles. The van der Waals surface area contributed by atoms with Gasteiger partial charge in [-0.25, -0.2) is 9.59 Å². The number of nitrogens with zero attached hydrogens (tertiary/aromatic N) is 1. The number of methoxy groups -OCH3 is 1. The van der Waals surface area contributed by atoms with E-state index in [2.05, 4.69) is 4.74 Å². The average molecular weight is 319 g/mol. The zero-order chi connectivity index (χ0) is 17.3. The third-order valence-electron chi connectivity index (χ3n) is 3.27. The van der Waals surface area contributed by atoms with E-state index >= 15 is 0 Å². The van der Waals surface area contributed by atoms with Gasteiger partial charge in [-0.1, -0.05) is 0 Å². The highest BCUT2D eigenvalue weighted by Gasteiger charge is 2.50. The molecular formula is C14H25NO7. The van der Waals surface area contributed by atoms with Crippen molar-refractivity contribution >= 4 is 12.1 Å². The highest BCUT2D eigenvalue weighted by Crippen LogP contribution is 2.31. The zero-order valence-electron chi connectivity index (χ0n) is 13.8. The molecule has 1 saturated heterocycles. The Morgan fingerprint density at radius 1 is 1.32 bits per heavy atom. The van der Waals surface area contributed by atoms with Crippen molar-refractivity contribution in [2.24, 2.45) is 0 Å². The van der Waals surface area contributed by atoms with Crippen LogP contribution in [-0.2, 0) is 19.0 Å². The van der Waals surface area contributed by atoms with Crippen molar-refractivity contribution in [2.45, 2.75) is 64.2 Å². The maximum atomic E-state index is 12.4. The summed E-state index contributed by atoms with van der Waals surface area (Å²) in [6.45, 7) is 8.36. The Labute approximate surface area is 129 Å². The monoisotopic (exact) mass is 319 g/mol. The highest BCUT2D eigenvalue weighted by molar-refractivity contribution is 5.75. The van der Waals surface area contributed by atoms with Crippen LogP contribution in [0.25, 0.3) is 0 Å². The van der Waals surface area contributed by atoms with Gasteiger partial charge in [0.25, 0.3) is 0 Å². The van der Waals surface area contributed by atoms with Crippen molar-refractivity contribution in [1.29, 1.82) is 0 Å². The Morgan fingerprint density at radius 2 is 1.86 bits per heavy atom. The van der Waals surface area contributed by atoms with Crippen LogP contribution in [0.3, 0.4) is 0 Å². The van der Waals surface area contributed by atoms with Gasteiger partial charge in [0.05, 0.1) is 19.8 Å². The molecule has 0 aliphatic carbocycles. The molecule has 8 heteroatoms. The molecule has 0 radical (unpaired) electrons. The Kier molecular flexibility index (Phi) is 5.42. The van der Waals surface area contributed by atoms with Crippen molar-refractivity contribution < 1.29 is 34.0 Å². The number of amides is 1. The normalized spacial score (nSPS) is 23.8. The Morgan fingerprint density at radius 3 is 2.32 bits per heavy atom. The lowest BCUT2D eigenvalue weighted by molar-refractivity contribution is -0.159. The largest absolute Gasteiger partial charge is 0.467 e. The van der Waals surface area contributed by atoms with Gasteiger partial charge in [0.2, 0.25) is 0 Å². The summed E-state index contributed by atoms with van der Waals surface area (Å²) in [6.07, 6.45) is -4.03. The van der Waals surface area contributed by atoms with E-state index < -0.39 is 41.6 Å². The predicted octanol–water partition coefficient (Wildman–Crippen LogP) is 0.253. The first kappa shape index (κ1) is 18.7. The molecule has 0 aromatic heterocycles. The van der Waals surface area contributed by atoms with Crippen LogP contribution < -0.4 is 0 Å². The van der Waals surface area contributed by atoms with Crippen molar-refractivity contribution in [3.05, 3.63) is 0 Å². The summed E-state index contributed by atoms with van der Waals surface area (Å²) < 4.78 is 15.2. The van der Waals surface area contributed by atoms with Gasteiger partial charge in [0, 0.05) is 0 Å². The van der Waals surface area contributed by atoms with E-state index in [-0.39, 0.29) is 6.61 Å². The van der Waals surface area contributed by atoms with Crippen LogP contribution in [0.2, 0.25) is 0 Å². The van der Waals surface area contributed by atoms with Gasteiger partial charge < -0.3 is 24.4 Å². The summed E-state index contributed by atoms with van der Waals surface area (Å²) >= 11 is 0. The number of carbonyl (C=O) groups excluding carboxylic acids is 2. The lowest BCUT2D eigenvalue weighted by Crippen LogP contribution is -2.56. The molecule has 0 aromatic rings. The molecule has 22 heavy (non-hydrogen) atoms. The Hall–Kier alpha value is -1.38. The van der Waals surface area contributed by atoms with Gasteiger partial charge in [-0.05, 0) is 34.6 Å². The SMILES string of the molecule is COC(=O)[C@@H](O)[C@@H](O)[C@@H]1COC(C)(C)N1C(=O)OC(C)(C)C. The molecule has 0 bridgehead atoms. The summed E-state index contributed by atoms with van der Waals surface area (Å²) in [6, 6.07) is -0.932. The van der Waals surface area contributed by atoms with Crippen LogP contribution in [0.5, 0.6) is 0 Å². The number of aliphatic hydroxyl groups excluding tert-OH is 2. The smallest absolute Gasteiger partial charge is 0.412 e. The fourth-order valence-electron chi connectivity index (χ4n) is 2.22. The molecule has 0 spiro atoms. The lowest BCUT2D eigenvalue weighted by Gasteiger charge is -2.36. The lowest BCUT2D eigenvalue weighted by atomic mass is 10.0. The molecule has 0 saturated carbocycles. The highest BCUT2D eigenvalue weighted by atomic mass is 16.6. The molecule has 1 amide bonds. The fourth-order valence-corrected chi connectivity index (χ4v) is 2.22. The summed E-state index contributed by atoms with van der Waals surface area (Å²) in [5.74, 6) is -0.985. The molecule has 0 unspecified atom stereocenters. The molecule has 1 fully saturated rings. The van der Waals surface area contributed by atoms with E-state index in [1.165, 1.54) is 4.90 Å². The van der Waals surface area contributed by atoms with E-state index in [9.17, 15) is 19.8 Å². The van der Waals surface area contributed by atoms with E-state index in [0.29, 0.717) is 0 Å². The number of hydrogen-bond acceptors (Lipinski definition) is 7. The minimum absolute atomic E-state index is 0.0402. The van der Waals surface area contributed by atoms with Gasteiger partial charge >= 0.3 is 12.1 Å². The Bertz CT molecular complexity index is 429. The molecule has 128 valence electrons. The summed E-state index contributed by atoms with van der Waals surface area (Å²) in [5, 5.41) is 20.0. The third-order valence-corrected chi connectivity index (χ3v) is 3.27. The number of esters is 1. The first-order chi connectivity index (χ1) is 9.90. The van der Waals surface area contributed by atoms with Crippen molar-refractivity contribution in [3.63, 3.8) is 0 Å². The molecule has 1 rings (SSSR count). The average Bonchev–Trinajstić information content (AvgIpc) is 2.69. The van der Waals surface area contributed by atoms with Gasteiger partial charge in [-0.2, -0.15) is 0 Å². The second-order valence-corrected chi connectivity index (χ2v) is 6.63. The molecule has 3 atom stereocenters. The zero-order valence-corrected chi connectivity index (χ0v) is 13.8. The van der Waals surface area contributed by atoms with Crippen molar-refractivity contribution in [3.8, 4) is 0 Å².